The molecule has 2 amide bonds. The number of benzene rings is 1. The Hall–Kier alpha value is -3.04. The summed E-state index contributed by atoms with van der Waals surface area (Å²) in [6.45, 7) is 1.40. The topological polar surface area (TPSA) is 114 Å². The van der Waals surface area contributed by atoms with Gasteiger partial charge in [0.15, 0.2) is 0 Å². The first kappa shape index (κ1) is 20.7. The standard InChI is InChI=1S/C19H14ClNO7S/c1-9(18(25)27-2)21-16(22)15(29-19(21)26)8-11-4-6-14(28-11)10-3-5-13(20)12(7-10)17(23)24/h3-9H,1-2H3,(H,23,24)/b15-8-/t9-/m0/s1. The van der Waals surface area contributed by atoms with Crippen LogP contribution in [-0.4, -0.2) is 46.2 Å². The van der Waals surface area contributed by atoms with Crippen molar-refractivity contribution in [3.8, 4) is 11.3 Å². The summed E-state index contributed by atoms with van der Waals surface area (Å²) in [7, 11) is 1.17. The summed E-state index contributed by atoms with van der Waals surface area (Å²) < 4.78 is 10.2. The second kappa shape index (κ2) is 8.14. The lowest BCUT2D eigenvalue weighted by Crippen LogP contribution is -2.42. The molecule has 29 heavy (non-hydrogen) atoms. The lowest BCUT2D eigenvalue weighted by atomic mass is 10.1. The largest absolute Gasteiger partial charge is 0.478 e. The number of amides is 2. The van der Waals surface area contributed by atoms with Crippen molar-refractivity contribution in [2.24, 2.45) is 0 Å². The molecule has 8 nitrogen and oxygen atoms in total. The van der Waals surface area contributed by atoms with Crippen molar-refractivity contribution in [2.45, 2.75) is 13.0 Å². The predicted octanol–water partition coefficient (Wildman–Crippen LogP) is 3.90. The summed E-state index contributed by atoms with van der Waals surface area (Å²) in [5.74, 6) is -1.86. The van der Waals surface area contributed by atoms with Crippen LogP contribution < -0.4 is 0 Å². The summed E-state index contributed by atoms with van der Waals surface area (Å²) in [5, 5.41) is 8.69. The van der Waals surface area contributed by atoms with Crippen LogP contribution in [0.1, 0.15) is 23.0 Å². The number of methoxy groups -OCH3 is 1. The number of hydrogen-bond donors (Lipinski definition) is 1. The van der Waals surface area contributed by atoms with E-state index in [0.29, 0.717) is 23.1 Å². The molecule has 1 aromatic heterocycles. The maximum absolute atomic E-state index is 12.5. The van der Waals surface area contributed by atoms with E-state index in [1.165, 1.54) is 32.2 Å². The number of ether oxygens (including phenoxy) is 1. The number of halogens is 1. The van der Waals surface area contributed by atoms with Crippen LogP contribution in [0.2, 0.25) is 5.02 Å². The summed E-state index contributed by atoms with van der Waals surface area (Å²) in [5.41, 5.74) is 0.416. The summed E-state index contributed by atoms with van der Waals surface area (Å²) in [6, 6.07) is 6.54. The number of carbonyl (C=O) groups excluding carboxylic acids is 3. The highest BCUT2D eigenvalue weighted by molar-refractivity contribution is 8.18. The average molecular weight is 436 g/mol. The van der Waals surface area contributed by atoms with Gasteiger partial charge in [-0.2, -0.15) is 0 Å². The van der Waals surface area contributed by atoms with Crippen molar-refractivity contribution >= 4 is 52.5 Å². The van der Waals surface area contributed by atoms with E-state index in [1.54, 1.807) is 18.2 Å². The number of thioether (sulfide) groups is 1. The summed E-state index contributed by atoms with van der Waals surface area (Å²) in [6.07, 6.45) is 1.38. The Bertz CT molecular complexity index is 1060. The molecule has 1 fully saturated rings. The molecule has 1 aromatic carbocycles. The van der Waals surface area contributed by atoms with Crippen molar-refractivity contribution in [1.29, 1.82) is 0 Å². The van der Waals surface area contributed by atoms with Crippen LogP contribution in [0.5, 0.6) is 0 Å². The summed E-state index contributed by atoms with van der Waals surface area (Å²) >= 11 is 6.55. The number of esters is 1. The van der Waals surface area contributed by atoms with Crippen LogP contribution in [0.25, 0.3) is 17.4 Å². The molecule has 0 spiro atoms. The zero-order chi connectivity index (χ0) is 21.3. The van der Waals surface area contributed by atoms with Gasteiger partial charge in [-0.25, -0.2) is 9.59 Å². The molecule has 2 aromatic rings. The first-order valence-corrected chi connectivity index (χ1v) is 9.40. The Morgan fingerprint density at radius 1 is 1.28 bits per heavy atom. The molecule has 1 atom stereocenters. The molecule has 1 saturated heterocycles. The molecular formula is C19H14ClNO7S. The zero-order valence-electron chi connectivity index (χ0n) is 15.2. The highest BCUT2D eigenvalue weighted by Crippen LogP contribution is 2.35. The van der Waals surface area contributed by atoms with Crippen LogP contribution in [0.15, 0.2) is 39.7 Å². The summed E-state index contributed by atoms with van der Waals surface area (Å²) in [4.78, 5) is 48.4. The Labute approximate surface area is 174 Å². The van der Waals surface area contributed by atoms with Gasteiger partial charge in [-0.15, -0.1) is 0 Å². The van der Waals surface area contributed by atoms with E-state index in [4.69, 9.17) is 16.0 Å². The maximum Gasteiger partial charge on any atom is 0.337 e. The first-order valence-electron chi connectivity index (χ1n) is 8.21. The molecule has 1 aliphatic heterocycles. The minimum Gasteiger partial charge on any atom is -0.478 e. The lowest BCUT2D eigenvalue weighted by molar-refractivity contribution is -0.148. The van der Waals surface area contributed by atoms with Crippen LogP contribution in [0.4, 0.5) is 4.79 Å². The van der Waals surface area contributed by atoms with E-state index in [2.05, 4.69) is 4.74 Å². The second-order valence-corrected chi connectivity index (χ2v) is 7.35. The second-order valence-electron chi connectivity index (χ2n) is 5.95. The fourth-order valence-electron chi connectivity index (χ4n) is 2.65. The zero-order valence-corrected chi connectivity index (χ0v) is 16.7. The average Bonchev–Trinajstić information content (AvgIpc) is 3.25. The highest BCUT2D eigenvalue weighted by atomic mass is 35.5. The molecule has 1 N–H and O–H groups in total. The van der Waals surface area contributed by atoms with Gasteiger partial charge in [-0.1, -0.05) is 11.6 Å². The number of furan rings is 1. The third kappa shape index (κ3) is 4.06. The fourth-order valence-corrected chi connectivity index (χ4v) is 3.73. The molecule has 0 radical (unpaired) electrons. The number of carboxylic acid groups (broad SMARTS) is 1. The molecule has 150 valence electrons. The highest BCUT2D eigenvalue weighted by Gasteiger charge is 2.41. The van der Waals surface area contributed by atoms with Crippen molar-refractivity contribution < 1.29 is 33.4 Å². The van der Waals surface area contributed by atoms with Gasteiger partial charge in [0.25, 0.3) is 11.1 Å². The predicted molar refractivity (Wildman–Crippen MR) is 105 cm³/mol. The van der Waals surface area contributed by atoms with Crippen LogP contribution in [0, 0.1) is 0 Å². The number of rotatable bonds is 5. The molecule has 2 heterocycles. The van der Waals surface area contributed by atoms with E-state index in [9.17, 15) is 24.3 Å². The third-order valence-corrected chi connectivity index (χ3v) is 5.35. The molecule has 10 heteroatoms. The van der Waals surface area contributed by atoms with E-state index in [0.717, 1.165) is 4.90 Å². The number of aromatic carboxylic acids is 1. The van der Waals surface area contributed by atoms with Crippen molar-refractivity contribution in [3.63, 3.8) is 0 Å². The van der Waals surface area contributed by atoms with Gasteiger partial charge in [0, 0.05) is 11.6 Å². The Kier molecular flexibility index (Phi) is 5.81. The maximum atomic E-state index is 12.5. The number of hydrogen-bond acceptors (Lipinski definition) is 7. The molecule has 0 saturated carbocycles. The van der Waals surface area contributed by atoms with E-state index in [-0.39, 0.29) is 21.3 Å². The third-order valence-electron chi connectivity index (χ3n) is 4.13. The van der Waals surface area contributed by atoms with Crippen LogP contribution in [0.3, 0.4) is 0 Å². The van der Waals surface area contributed by atoms with Gasteiger partial charge in [0.2, 0.25) is 0 Å². The van der Waals surface area contributed by atoms with Gasteiger partial charge in [-0.05, 0) is 49.0 Å². The minimum atomic E-state index is -1.17. The minimum absolute atomic E-state index is 0.0694. The SMILES string of the molecule is COC(=O)[C@H](C)N1C(=O)S/C(=C\c2ccc(-c3ccc(Cl)c(C(=O)O)c3)o2)C1=O. The molecule has 1 aliphatic rings. The molecule has 0 aliphatic carbocycles. The number of imide groups is 1. The molecule has 0 unspecified atom stereocenters. The van der Waals surface area contributed by atoms with Gasteiger partial charge in [0.05, 0.1) is 22.6 Å². The van der Waals surface area contributed by atoms with Crippen molar-refractivity contribution in [3.05, 3.63) is 51.6 Å². The quantitative estimate of drug-likeness (QED) is 0.555. The first-order chi connectivity index (χ1) is 13.7. The molecule has 3 rings (SSSR count). The van der Waals surface area contributed by atoms with Gasteiger partial charge in [-0.3, -0.25) is 14.5 Å². The van der Waals surface area contributed by atoms with E-state index in [1.807, 2.05) is 0 Å². The van der Waals surface area contributed by atoms with E-state index < -0.39 is 29.1 Å². The van der Waals surface area contributed by atoms with Crippen LogP contribution in [-0.2, 0) is 14.3 Å². The van der Waals surface area contributed by atoms with E-state index >= 15 is 0 Å². The Morgan fingerprint density at radius 3 is 2.66 bits per heavy atom. The Morgan fingerprint density at radius 2 is 2.00 bits per heavy atom. The molecule has 0 bridgehead atoms. The number of carbonyl (C=O) groups is 4. The fraction of sp³-hybridized carbons (Fsp3) is 0.158. The van der Waals surface area contributed by atoms with Gasteiger partial charge < -0.3 is 14.3 Å². The monoisotopic (exact) mass is 435 g/mol. The normalized spacial score (nSPS) is 16.4. The van der Waals surface area contributed by atoms with Crippen molar-refractivity contribution in [1.82, 2.24) is 4.90 Å². The van der Waals surface area contributed by atoms with Crippen molar-refractivity contribution in [2.75, 3.05) is 7.11 Å². The number of carboxylic acids is 1. The van der Waals surface area contributed by atoms with Crippen LogP contribution >= 0.6 is 23.4 Å². The van der Waals surface area contributed by atoms with Gasteiger partial charge in [0.1, 0.15) is 17.6 Å². The molecular weight excluding hydrogens is 422 g/mol. The lowest BCUT2D eigenvalue weighted by Gasteiger charge is -2.18. The number of nitrogens with zero attached hydrogens (tertiary/aromatic N) is 1. The van der Waals surface area contributed by atoms with Gasteiger partial charge >= 0.3 is 11.9 Å². The Balaban J connectivity index is 1.87. The smallest absolute Gasteiger partial charge is 0.337 e.